The molecule has 0 aromatic carbocycles. The Morgan fingerprint density at radius 3 is 2.25 bits per heavy atom. The van der Waals surface area contributed by atoms with Crippen molar-refractivity contribution in [2.75, 3.05) is 0 Å². The SMILES string of the molecule is CCCCC1CC(C(=O)O)C2CCCCC2C1C(=O)O. The molecule has 2 aliphatic rings. The molecule has 0 saturated heterocycles. The van der Waals surface area contributed by atoms with Gasteiger partial charge in [0, 0.05) is 0 Å². The Morgan fingerprint density at radius 2 is 1.70 bits per heavy atom. The van der Waals surface area contributed by atoms with Gasteiger partial charge in [0.1, 0.15) is 0 Å². The first-order valence-corrected chi connectivity index (χ1v) is 8.01. The average Bonchev–Trinajstić information content (AvgIpc) is 2.43. The van der Waals surface area contributed by atoms with Gasteiger partial charge in [-0.3, -0.25) is 9.59 Å². The predicted octanol–water partition coefficient (Wildman–Crippen LogP) is 3.40. The second kappa shape index (κ2) is 6.59. The summed E-state index contributed by atoms with van der Waals surface area (Å²) in [6.45, 7) is 2.09. The van der Waals surface area contributed by atoms with Crippen molar-refractivity contribution in [3.8, 4) is 0 Å². The van der Waals surface area contributed by atoms with Crippen molar-refractivity contribution in [1.82, 2.24) is 0 Å². The highest BCUT2D eigenvalue weighted by atomic mass is 16.4. The molecule has 2 N–H and O–H groups in total. The number of aliphatic carboxylic acids is 2. The first-order valence-electron chi connectivity index (χ1n) is 8.01. The van der Waals surface area contributed by atoms with E-state index in [0.717, 1.165) is 44.9 Å². The van der Waals surface area contributed by atoms with Gasteiger partial charge in [-0.25, -0.2) is 0 Å². The van der Waals surface area contributed by atoms with E-state index in [1.165, 1.54) is 0 Å². The van der Waals surface area contributed by atoms with Crippen LogP contribution in [0.25, 0.3) is 0 Å². The third kappa shape index (κ3) is 2.99. The molecule has 0 bridgehead atoms. The Balaban J connectivity index is 2.23. The maximum absolute atomic E-state index is 11.7. The second-order valence-electron chi connectivity index (χ2n) is 6.56. The summed E-state index contributed by atoms with van der Waals surface area (Å²) >= 11 is 0. The van der Waals surface area contributed by atoms with Crippen molar-refractivity contribution in [1.29, 1.82) is 0 Å². The van der Waals surface area contributed by atoms with Crippen LogP contribution in [0.3, 0.4) is 0 Å². The van der Waals surface area contributed by atoms with Crippen molar-refractivity contribution < 1.29 is 19.8 Å². The Morgan fingerprint density at radius 1 is 1.05 bits per heavy atom. The minimum absolute atomic E-state index is 0.0490. The standard InChI is InChI=1S/C16H26O4/c1-2-3-6-10-9-13(15(17)18)11-7-4-5-8-12(11)14(10)16(19)20/h10-14H,2-9H2,1H3,(H,17,18)(H,19,20). The van der Waals surface area contributed by atoms with E-state index in [1.807, 2.05) is 0 Å². The van der Waals surface area contributed by atoms with E-state index >= 15 is 0 Å². The summed E-state index contributed by atoms with van der Waals surface area (Å²) < 4.78 is 0. The van der Waals surface area contributed by atoms with Crippen molar-refractivity contribution in [2.45, 2.75) is 58.3 Å². The number of carboxylic acids is 2. The molecule has 0 aromatic heterocycles. The summed E-state index contributed by atoms with van der Waals surface area (Å²) in [6, 6.07) is 0. The number of hydrogen-bond acceptors (Lipinski definition) is 2. The number of hydrogen-bond donors (Lipinski definition) is 2. The summed E-state index contributed by atoms with van der Waals surface area (Å²) in [5.41, 5.74) is 0. The van der Waals surface area contributed by atoms with Crippen LogP contribution in [0.5, 0.6) is 0 Å². The van der Waals surface area contributed by atoms with Gasteiger partial charge < -0.3 is 10.2 Å². The minimum atomic E-state index is -0.716. The molecule has 5 unspecified atom stereocenters. The maximum atomic E-state index is 11.7. The van der Waals surface area contributed by atoms with E-state index in [-0.39, 0.29) is 29.6 Å². The van der Waals surface area contributed by atoms with Crippen LogP contribution in [0.2, 0.25) is 0 Å². The number of carbonyl (C=O) groups is 2. The topological polar surface area (TPSA) is 74.6 Å². The number of rotatable bonds is 5. The molecule has 0 radical (unpaired) electrons. The van der Waals surface area contributed by atoms with E-state index in [1.54, 1.807) is 0 Å². The summed E-state index contributed by atoms with van der Waals surface area (Å²) in [5, 5.41) is 19.1. The van der Waals surface area contributed by atoms with E-state index in [2.05, 4.69) is 6.92 Å². The number of carboxylic acid groups (broad SMARTS) is 2. The van der Waals surface area contributed by atoms with Gasteiger partial charge >= 0.3 is 11.9 Å². The average molecular weight is 282 g/mol. The van der Waals surface area contributed by atoms with Crippen molar-refractivity contribution in [2.24, 2.45) is 29.6 Å². The highest BCUT2D eigenvalue weighted by Crippen LogP contribution is 2.50. The zero-order valence-electron chi connectivity index (χ0n) is 12.3. The van der Waals surface area contributed by atoms with Gasteiger partial charge in [-0.1, -0.05) is 32.6 Å². The van der Waals surface area contributed by atoms with Crippen LogP contribution >= 0.6 is 0 Å². The molecular formula is C16H26O4. The molecule has 2 rings (SSSR count). The second-order valence-corrected chi connectivity index (χ2v) is 6.56. The molecule has 4 heteroatoms. The highest BCUT2D eigenvalue weighted by molar-refractivity contribution is 5.74. The summed E-state index contributed by atoms with van der Waals surface area (Å²) in [6.07, 6.45) is 7.36. The number of unbranched alkanes of at least 4 members (excludes halogenated alkanes) is 1. The third-order valence-electron chi connectivity index (χ3n) is 5.45. The molecule has 20 heavy (non-hydrogen) atoms. The molecular weight excluding hydrogens is 256 g/mol. The molecule has 2 aliphatic carbocycles. The van der Waals surface area contributed by atoms with E-state index in [4.69, 9.17) is 0 Å². The van der Waals surface area contributed by atoms with Gasteiger partial charge in [0.2, 0.25) is 0 Å². The fourth-order valence-electron chi connectivity index (χ4n) is 4.56. The first-order chi connectivity index (χ1) is 9.56. The van der Waals surface area contributed by atoms with Crippen LogP contribution in [0.4, 0.5) is 0 Å². The fourth-order valence-corrected chi connectivity index (χ4v) is 4.56. The highest BCUT2D eigenvalue weighted by Gasteiger charge is 2.50. The molecule has 0 amide bonds. The van der Waals surface area contributed by atoms with Crippen LogP contribution < -0.4 is 0 Å². The van der Waals surface area contributed by atoms with Crippen LogP contribution in [-0.4, -0.2) is 22.2 Å². The zero-order chi connectivity index (χ0) is 14.7. The lowest BCUT2D eigenvalue weighted by Crippen LogP contribution is -2.47. The smallest absolute Gasteiger partial charge is 0.307 e. The third-order valence-corrected chi connectivity index (χ3v) is 5.45. The lowest BCUT2D eigenvalue weighted by atomic mass is 9.56. The van der Waals surface area contributed by atoms with E-state index in [0.29, 0.717) is 6.42 Å². The Kier molecular flexibility index (Phi) is 5.06. The summed E-state index contributed by atoms with van der Waals surface area (Å²) in [4.78, 5) is 23.3. The minimum Gasteiger partial charge on any atom is -0.481 e. The predicted molar refractivity (Wildman–Crippen MR) is 75.3 cm³/mol. The van der Waals surface area contributed by atoms with Crippen molar-refractivity contribution in [3.05, 3.63) is 0 Å². The van der Waals surface area contributed by atoms with Crippen molar-refractivity contribution >= 4 is 11.9 Å². The van der Waals surface area contributed by atoms with Gasteiger partial charge in [-0.2, -0.15) is 0 Å². The maximum Gasteiger partial charge on any atom is 0.307 e. The largest absolute Gasteiger partial charge is 0.481 e. The summed E-state index contributed by atoms with van der Waals surface area (Å²) in [5.74, 6) is -1.84. The van der Waals surface area contributed by atoms with Gasteiger partial charge in [0.05, 0.1) is 11.8 Å². The summed E-state index contributed by atoms with van der Waals surface area (Å²) in [7, 11) is 0. The lowest BCUT2D eigenvalue weighted by Gasteiger charge is -2.47. The first kappa shape index (κ1) is 15.3. The van der Waals surface area contributed by atoms with Crippen LogP contribution in [0.1, 0.15) is 58.3 Å². The van der Waals surface area contributed by atoms with Gasteiger partial charge in [0.15, 0.2) is 0 Å². The molecule has 0 aromatic rings. The molecule has 2 fully saturated rings. The fraction of sp³-hybridized carbons (Fsp3) is 0.875. The van der Waals surface area contributed by atoms with Crippen molar-refractivity contribution in [3.63, 3.8) is 0 Å². The Hall–Kier alpha value is -1.06. The van der Waals surface area contributed by atoms with Crippen LogP contribution in [0, 0.1) is 29.6 Å². The van der Waals surface area contributed by atoms with Gasteiger partial charge in [0.25, 0.3) is 0 Å². The molecule has 2 saturated carbocycles. The Bertz CT molecular complexity index is 365. The van der Waals surface area contributed by atoms with E-state index < -0.39 is 11.9 Å². The zero-order valence-corrected chi connectivity index (χ0v) is 12.3. The molecule has 0 aliphatic heterocycles. The molecule has 5 atom stereocenters. The van der Waals surface area contributed by atoms with E-state index in [9.17, 15) is 19.8 Å². The molecule has 0 spiro atoms. The number of fused-ring (bicyclic) bond motifs is 1. The molecule has 114 valence electrons. The molecule has 0 heterocycles. The lowest BCUT2D eigenvalue weighted by molar-refractivity contribution is -0.161. The van der Waals surface area contributed by atoms with Gasteiger partial charge in [-0.15, -0.1) is 0 Å². The monoisotopic (exact) mass is 282 g/mol. The van der Waals surface area contributed by atoms with Crippen LogP contribution in [0.15, 0.2) is 0 Å². The molecule has 4 nitrogen and oxygen atoms in total. The quantitative estimate of drug-likeness (QED) is 0.810. The van der Waals surface area contributed by atoms with Crippen LogP contribution in [-0.2, 0) is 9.59 Å². The normalized spacial score (nSPS) is 37.1. The Labute approximate surface area is 120 Å². The van der Waals surface area contributed by atoms with Gasteiger partial charge in [-0.05, 0) is 43.4 Å².